The maximum absolute atomic E-state index is 10.7. The molecule has 0 saturated carbocycles. The van der Waals surface area contributed by atoms with Crippen molar-refractivity contribution < 1.29 is 9.90 Å². The highest BCUT2D eigenvalue weighted by atomic mass is 35.5. The average molecular weight is 231 g/mol. The van der Waals surface area contributed by atoms with E-state index in [-0.39, 0.29) is 16.8 Å². The van der Waals surface area contributed by atoms with Crippen molar-refractivity contribution in [3.63, 3.8) is 0 Å². The van der Waals surface area contributed by atoms with Crippen molar-refractivity contribution in [2.24, 2.45) is 0 Å². The van der Waals surface area contributed by atoms with Crippen LogP contribution in [0.25, 0.3) is 0 Å². The zero-order valence-corrected chi connectivity index (χ0v) is 9.66. The van der Waals surface area contributed by atoms with E-state index in [1.54, 1.807) is 10.9 Å². The third kappa shape index (κ3) is 2.96. The Morgan fingerprint density at radius 1 is 1.73 bits per heavy atom. The van der Waals surface area contributed by atoms with Gasteiger partial charge < -0.3 is 5.11 Å². The fourth-order valence-electron chi connectivity index (χ4n) is 1.37. The first-order valence-electron chi connectivity index (χ1n) is 5.04. The predicted octanol–water partition coefficient (Wildman–Crippen LogP) is 2.99. The number of hydrogen-bond donors (Lipinski definition) is 1. The van der Waals surface area contributed by atoms with E-state index in [2.05, 4.69) is 12.0 Å². The van der Waals surface area contributed by atoms with Crippen LogP contribution in [-0.2, 0) is 0 Å². The molecular formula is C10H15ClN2O2. The van der Waals surface area contributed by atoms with Crippen molar-refractivity contribution in [3.8, 4) is 0 Å². The summed E-state index contributed by atoms with van der Waals surface area (Å²) in [6.07, 6.45) is 4.77. The lowest BCUT2D eigenvalue weighted by molar-refractivity contribution is 0.0689. The van der Waals surface area contributed by atoms with Crippen LogP contribution >= 0.6 is 11.6 Å². The fraction of sp³-hybridized carbons (Fsp3) is 0.600. The molecule has 1 N–H and O–H groups in total. The van der Waals surface area contributed by atoms with Crippen molar-refractivity contribution in [3.05, 3.63) is 16.9 Å². The smallest absolute Gasteiger partial charge is 0.357 e. The van der Waals surface area contributed by atoms with Gasteiger partial charge in [0.2, 0.25) is 0 Å². The molecule has 1 unspecified atom stereocenters. The van der Waals surface area contributed by atoms with Gasteiger partial charge in [-0.15, -0.1) is 0 Å². The molecule has 0 fully saturated rings. The van der Waals surface area contributed by atoms with E-state index in [9.17, 15) is 4.79 Å². The first-order valence-corrected chi connectivity index (χ1v) is 5.42. The van der Waals surface area contributed by atoms with Gasteiger partial charge in [0.1, 0.15) is 0 Å². The van der Waals surface area contributed by atoms with Gasteiger partial charge >= 0.3 is 5.97 Å². The summed E-state index contributed by atoms with van der Waals surface area (Å²) in [5.41, 5.74) is -0.0694. The monoisotopic (exact) mass is 230 g/mol. The highest BCUT2D eigenvalue weighted by Gasteiger charge is 2.16. The van der Waals surface area contributed by atoms with Gasteiger partial charge in [0.15, 0.2) is 5.69 Å². The van der Waals surface area contributed by atoms with Crippen LogP contribution in [0.4, 0.5) is 0 Å². The van der Waals surface area contributed by atoms with Crippen molar-refractivity contribution in [1.29, 1.82) is 0 Å². The molecule has 0 amide bonds. The van der Waals surface area contributed by atoms with Crippen LogP contribution in [0.2, 0.25) is 5.02 Å². The number of carboxylic acids is 1. The molecule has 1 aromatic rings. The Kier molecular flexibility index (Phi) is 4.15. The van der Waals surface area contributed by atoms with E-state index in [1.165, 1.54) is 0 Å². The molecule has 4 nitrogen and oxygen atoms in total. The molecule has 0 aliphatic rings. The Balaban J connectivity index is 2.78. The van der Waals surface area contributed by atoms with Gasteiger partial charge in [0.05, 0.1) is 5.02 Å². The average Bonchev–Trinajstić information content (AvgIpc) is 2.56. The highest BCUT2D eigenvalue weighted by Crippen LogP contribution is 2.19. The maximum Gasteiger partial charge on any atom is 0.357 e. The van der Waals surface area contributed by atoms with Crippen molar-refractivity contribution in [2.45, 2.75) is 39.2 Å². The molecule has 1 heterocycles. The van der Waals surface area contributed by atoms with Gasteiger partial charge in [-0.3, -0.25) is 4.68 Å². The minimum Gasteiger partial charge on any atom is -0.476 e. The number of unbranched alkanes of at least 4 members (excludes halogenated alkanes) is 1. The largest absolute Gasteiger partial charge is 0.476 e. The lowest BCUT2D eigenvalue weighted by Crippen LogP contribution is -2.07. The van der Waals surface area contributed by atoms with E-state index in [1.807, 2.05) is 6.92 Å². The summed E-state index contributed by atoms with van der Waals surface area (Å²) in [7, 11) is 0. The molecule has 1 rings (SSSR count). The van der Waals surface area contributed by atoms with Crippen LogP contribution in [0.15, 0.2) is 6.20 Å². The number of nitrogens with zero attached hydrogens (tertiary/aromatic N) is 2. The third-order valence-corrected chi connectivity index (χ3v) is 2.59. The zero-order chi connectivity index (χ0) is 11.4. The molecule has 0 aromatic carbocycles. The van der Waals surface area contributed by atoms with E-state index < -0.39 is 5.97 Å². The number of halogens is 1. The summed E-state index contributed by atoms with van der Waals surface area (Å²) in [6.45, 7) is 4.12. The normalized spacial score (nSPS) is 12.7. The van der Waals surface area contributed by atoms with Gasteiger partial charge in [-0.2, -0.15) is 5.10 Å². The molecule has 84 valence electrons. The lowest BCUT2D eigenvalue weighted by atomic mass is 10.1. The Morgan fingerprint density at radius 3 is 2.87 bits per heavy atom. The van der Waals surface area contributed by atoms with Crippen LogP contribution in [0.5, 0.6) is 0 Å². The Morgan fingerprint density at radius 2 is 2.40 bits per heavy atom. The number of carboxylic acid groups (broad SMARTS) is 1. The number of hydrogen-bond acceptors (Lipinski definition) is 2. The number of rotatable bonds is 5. The second kappa shape index (κ2) is 5.16. The molecular weight excluding hydrogens is 216 g/mol. The molecule has 0 bridgehead atoms. The Bertz CT molecular complexity index is 349. The van der Waals surface area contributed by atoms with Crippen molar-refractivity contribution >= 4 is 17.6 Å². The van der Waals surface area contributed by atoms with Crippen LogP contribution in [0.3, 0.4) is 0 Å². The van der Waals surface area contributed by atoms with Gasteiger partial charge in [-0.05, 0) is 13.3 Å². The first-order chi connectivity index (χ1) is 7.06. The second-order valence-corrected chi connectivity index (χ2v) is 4.01. The number of carbonyl (C=O) groups is 1. The number of aromatic carboxylic acids is 1. The highest BCUT2D eigenvalue weighted by molar-refractivity contribution is 6.33. The quantitative estimate of drug-likeness (QED) is 0.846. The lowest BCUT2D eigenvalue weighted by Gasteiger charge is -2.10. The summed E-state index contributed by atoms with van der Waals surface area (Å²) >= 11 is 5.75. The van der Waals surface area contributed by atoms with E-state index >= 15 is 0 Å². The zero-order valence-electron chi connectivity index (χ0n) is 8.90. The Hall–Kier alpha value is -1.03. The maximum atomic E-state index is 10.7. The summed E-state index contributed by atoms with van der Waals surface area (Å²) in [5, 5.41) is 12.9. The standard InChI is InChI=1S/C10H15ClN2O2/c1-3-4-5-7(2)13-6-8(11)9(12-13)10(14)15/h6-7H,3-5H2,1-2H3,(H,14,15). The molecule has 1 aromatic heterocycles. The van der Waals surface area contributed by atoms with E-state index in [0.29, 0.717) is 0 Å². The SMILES string of the molecule is CCCCC(C)n1cc(Cl)c(C(=O)O)n1. The molecule has 15 heavy (non-hydrogen) atoms. The van der Waals surface area contributed by atoms with Gasteiger partial charge in [0, 0.05) is 12.2 Å². The van der Waals surface area contributed by atoms with Gasteiger partial charge in [-0.25, -0.2) is 4.79 Å². The summed E-state index contributed by atoms with van der Waals surface area (Å²) in [6, 6.07) is 0.190. The Labute approximate surface area is 93.9 Å². The second-order valence-electron chi connectivity index (χ2n) is 3.60. The predicted molar refractivity (Wildman–Crippen MR) is 58.4 cm³/mol. The van der Waals surface area contributed by atoms with Crippen LogP contribution in [0.1, 0.15) is 49.6 Å². The van der Waals surface area contributed by atoms with Crippen LogP contribution < -0.4 is 0 Å². The van der Waals surface area contributed by atoms with Crippen LogP contribution in [0, 0.1) is 0 Å². The first kappa shape index (κ1) is 12.0. The molecule has 0 aliphatic carbocycles. The molecule has 5 heteroatoms. The van der Waals surface area contributed by atoms with E-state index in [0.717, 1.165) is 19.3 Å². The third-order valence-electron chi connectivity index (χ3n) is 2.32. The molecule has 1 atom stereocenters. The fourth-order valence-corrected chi connectivity index (χ4v) is 1.59. The van der Waals surface area contributed by atoms with E-state index in [4.69, 9.17) is 16.7 Å². The van der Waals surface area contributed by atoms with Crippen LogP contribution in [-0.4, -0.2) is 20.9 Å². The summed E-state index contributed by atoms with van der Waals surface area (Å²) in [4.78, 5) is 10.7. The summed E-state index contributed by atoms with van der Waals surface area (Å²) in [5.74, 6) is -1.08. The minimum atomic E-state index is -1.08. The van der Waals surface area contributed by atoms with Gasteiger partial charge in [-0.1, -0.05) is 31.4 Å². The molecule has 0 aliphatic heterocycles. The summed E-state index contributed by atoms with van der Waals surface area (Å²) < 4.78 is 1.63. The topological polar surface area (TPSA) is 55.1 Å². The minimum absolute atomic E-state index is 0.0694. The number of aromatic nitrogens is 2. The van der Waals surface area contributed by atoms with Gasteiger partial charge in [0.25, 0.3) is 0 Å². The van der Waals surface area contributed by atoms with Crippen molar-refractivity contribution in [2.75, 3.05) is 0 Å². The molecule has 0 spiro atoms. The molecule has 0 saturated heterocycles. The van der Waals surface area contributed by atoms with Crippen molar-refractivity contribution in [1.82, 2.24) is 9.78 Å². The molecule has 0 radical (unpaired) electrons.